The summed E-state index contributed by atoms with van der Waals surface area (Å²) in [6.07, 6.45) is 0.342. The molecule has 15 heavy (non-hydrogen) atoms. The van der Waals surface area contributed by atoms with Gasteiger partial charge in [-0.05, 0) is 18.2 Å². The van der Waals surface area contributed by atoms with Crippen molar-refractivity contribution in [3.8, 4) is 5.75 Å². The quantitative estimate of drug-likeness (QED) is 0.737. The number of Topliss-reactive ketones (excluding diaryl/α,β-unsaturated/α-hetero) is 1. The van der Waals surface area contributed by atoms with Crippen molar-refractivity contribution in [2.45, 2.75) is 12.5 Å². The number of benzene rings is 1. The van der Waals surface area contributed by atoms with Crippen molar-refractivity contribution in [2.75, 3.05) is 6.61 Å². The third-order valence-corrected chi connectivity index (χ3v) is 2.78. The molecular formula is C10H8BrNO3. The molecule has 78 valence electrons. The summed E-state index contributed by atoms with van der Waals surface area (Å²) in [5.41, 5.74) is 0.431. The molecule has 0 radical (unpaired) electrons. The molecule has 0 spiro atoms. The van der Waals surface area contributed by atoms with Crippen LogP contribution in [0, 0.1) is 4.91 Å². The molecule has 1 heterocycles. The van der Waals surface area contributed by atoms with E-state index in [2.05, 4.69) is 21.1 Å². The maximum atomic E-state index is 11.8. The second-order valence-electron chi connectivity index (χ2n) is 3.26. The Morgan fingerprint density at radius 3 is 3.00 bits per heavy atom. The van der Waals surface area contributed by atoms with Gasteiger partial charge in [-0.15, -0.1) is 0 Å². The van der Waals surface area contributed by atoms with Crippen LogP contribution in [0.4, 0.5) is 0 Å². The molecule has 1 aliphatic rings. The third kappa shape index (κ3) is 1.92. The molecule has 0 fully saturated rings. The Kier molecular flexibility index (Phi) is 2.81. The van der Waals surface area contributed by atoms with Crippen LogP contribution in [-0.2, 0) is 0 Å². The van der Waals surface area contributed by atoms with Crippen molar-refractivity contribution >= 4 is 21.7 Å². The fraction of sp³-hybridized carbons (Fsp3) is 0.300. The zero-order valence-electron chi connectivity index (χ0n) is 7.77. The third-order valence-electron chi connectivity index (χ3n) is 2.29. The molecule has 1 aromatic rings. The molecule has 1 unspecified atom stereocenters. The van der Waals surface area contributed by atoms with E-state index in [0.29, 0.717) is 24.3 Å². The molecular weight excluding hydrogens is 262 g/mol. The van der Waals surface area contributed by atoms with Crippen LogP contribution in [0.1, 0.15) is 16.8 Å². The molecule has 0 N–H and O–H groups in total. The van der Waals surface area contributed by atoms with E-state index in [1.165, 1.54) is 0 Å². The van der Waals surface area contributed by atoms with Crippen LogP contribution in [0.25, 0.3) is 0 Å². The lowest BCUT2D eigenvalue weighted by Gasteiger charge is -2.05. The number of fused-ring (bicyclic) bond motifs is 1. The van der Waals surface area contributed by atoms with Gasteiger partial charge < -0.3 is 4.74 Å². The van der Waals surface area contributed by atoms with Gasteiger partial charge in [0.25, 0.3) is 0 Å². The van der Waals surface area contributed by atoms with Crippen molar-refractivity contribution in [2.24, 2.45) is 5.18 Å². The minimum atomic E-state index is -0.813. The molecule has 0 saturated carbocycles. The molecule has 4 nitrogen and oxygen atoms in total. The highest BCUT2D eigenvalue weighted by atomic mass is 79.9. The summed E-state index contributed by atoms with van der Waals surface area (Å²) in [5, 5.41) is 2.82. The number of halogens is 1. The van der Waals surface area contributed by atoms with Crippen LogP contribution in [0.5, 0.6) is 5.75 Å². The van der Waals surface area contributed by atoms with Gasteiger partial charge in [-0.3, -0.25) is 4.79 Å². The summed E-state index contributed by atoms with van der Waals surface area (Å²) in [4.78, 5) is 22.3. The fourth-order valence-corrected chi connectivity index (χ4v) is 1.85. The standard InChI is InChI=1S/C10H8BrNO3/c11-6-1-2-7-9(5-6)15-4-3-8(12-14)10(7)13/h1-2,5,8H,3-4H2. The van der Waals surface area contributed by atoms with E-state index in [1.54, 1.807) is 18.2 Å². The number of hydrogen-bond acceptors (Lipinski definition) is 4. The van der Waals surface area contributed by atoms with E-state index in [-0.39, 0.29) is 5.78 Å². The van der Waals surface area contributed by atoms with Gasteiger partial charge in [-0.25, -0.2) is 0 Å². The van der Waals surface area contributed by atoms with E-state index >= 15 is 0 Å². The van der Waals surface area contributed by atoms with Gasteiger partial charge in [0.15, 0.2) is 11.8 Å². The first kappa shape index (κ1) is 10.3. The van der Waals surface area contributed by atoms with Gasteiger partial charge in [0, 0.05) is 10.9 Å². The maximum Gasteiger partial charge on any atom is 0.194 e. The second kappa shape index (κ2) is 4.10. The number of ether oxygens (including phenoxy) is 1. The minimum absolute atomic E-state index is 0.259. The number of nitroso groups, excluding NO2 is 1. The Hall–Kier alpha value is -1.23. The average molecular weight is 270 g/mol. The van der Waals surface area contributed by atoms with Crippen molar-refractivity contribution in [1.29, 1.82) is 0 Å². The van der Waals surface area contributed by atoms with Gasteiger partial charge in [-0.2, -0.15) is 4.91 Å². The van der Waals surface area contributed by atoms with E-state index in [4.69, 9.17) is 4.74 Å². The van der Waals surface area contributed by atoms with Crippen LogP contribution in [0.15, 0.2) is 27.8 Å². The van der Waals surface area contributed by atoms with Gasteiger partial charge in [0.2, 0.25) is 0 Å². The molecule has 1 aliphatic heterocycles. The van der Waals surface area contributed by atoms with Crippen molar-refractivity contribution in [1.82, 2.24) is 0 Å². The number of hydrogen-bond donors (Lipinski definition) is 0. The lowest BCUT2D eigenvalue weighted by atomic mass is 10.0. The van der Waals surface area contributed by atoms with Crippen LogP contribution in [0.2, 0.25) is 0 Å². The van der Waals surface area contributed by atoms with Crippen LogP contribution in [0.3, 0.4) is 0 Å². The predicted octanol–water partition coefficient (Wildman–Crippen LogP) is 2.55. The van der Waals surface area contributed by atoms with Crippen molar-refractivity contribution in [3.05, 3.63) is 33.1 Å². The summed E-state index contributed by atoms with van der Waals surface area (Å²) < 4.78 is 6.22. The Morgan fingerprint density at radius 1 is 1.47 bits per heavy atom. The highest BCUT2D eigenvalue weighted by Gasteiger charge is 2.27. The smallest absolute Gasteiger partial charge is 0.194 e. The number of rotatable bonds is 1. The Balaban J connectivity index is 2.47. The van der Waals surface area contributed by atoms with Crippen LogP contribution < -0.4 is 4.74 Å². The number of carbonyl (C=O) groups excluding carboxylic acids is 1. The highest BCUT2D eigenvalue weighted by molar-refractivity contribution is 9.10. The molecule has 2 rings (SSSR count). The number of carbonyl (C=O) groups is 1. The van der Waals surface area contributed by atoms with E-state index in [9.17, 15) is 9.70 Å². The Morgan fingerprint density at radius 2 is 2.27 bits per heavy atom. The lowest BCUT2D eigenvalue weighted by molar-refractivity contribution is 0.0961. The summed E-state index contributed by atoms with van der Waals surface area (Å²) >= 11 is 3.29. The zero-order valence-corrected chi connectivity index (χ0v) is 9.36. The largest absolute Gasteiger partial charge is 0.493 e. The van der Waals surface area contributed by atoms with Gasteiger partial charge in [0.1, 0.15) is 5.75 Å². The first-order chi connectivity index (χ1) is 7.22. The molecule has 0 saturated heterocycles. The Labute approximate surface area is 94.7 Å². The maximum absolute atomic E-state index is 11.8. The van der Waals surface area contributed by atoms with Crippen molar-refractivity contribution in [3.63, 3.8) is 0 Å². The first-order valence-electron chi connectivity index (χ1n) is 4.51. The highest BCUT2D eigenvalue weighted by Crippen LogP contribution is 2.28. The van der Waals surface area contributed by atoms with Crippen LogP contribution >= 0.6 is 15.9 Å². The van der Waals surface area contributed by atoms with E-state index in [1.807, 2.05) is 0 Å². The van der Waals surface area contributed by atoms with Gasteiger partial charge in [-0.1, -0.05) is 21.1 Å². The monoisotopic (exact) mass is 269 g/mol. The number of nitrogens with zero attached hydrogens (tertiary/aromatic N) is 1. The second-order valence-corrected chi connectivity index (χ2v) is 4.18. The molecule has 1 atom stereocenters. The molecule has 0 aromatic heterocycles. The molecule has 0 amide bonds. The number of ketones is 1. The van der Waals surface area contributed by atoms with Crippen LogP contribution in [-0.4, -0.2) is 18.4 Å². The summed E-state index contributed by atoms with van der Waals surface area (Å²) in [5.74, 6) is 0.255. The average Bonchev–Trinajstić information content (AvgIpc) is 2.37. The molecule has 0 aliphatic carbocycles. The van der Waals surface area contributed by atoms with Gasteiger partial charge >= 0.3 is 0 Å². The zero-order chi connectivity index (χ0) is 10.8. The van der Waals surface area contributed by atoms with Crippen molar-refractivity contribution < 1.29 is 9.53 Å². The van der Waals surface area contributed by atoms with Gasteiger partial charge in [0.05, 0.1) is 12.2 Å². The fourth-order valence-electron chi connectivity index (χ4n) is 1.51. The molecule has 0 bridgehead atoms. The lowest BCUT2D eigenvalue weighted by Crippen LogP contribution is -2.17. The minimum Gasteiger partial charge on any atom is -0.493 e. The normalized spacial score (nSPS) is 20.1. The predicted molar refractivity (Wildman–Crippen MR) is 58.2 cm³/mol. The van der Waals surface area contributed by atoms with E-state index in [0.717, 1.165) is 4.47 Å². The summed E-state index contributed by atoms with van der Waals surface area (Å²) in [7, 11) is 0. The SMILES string of the molecule is O=NC1CCOc2cc(Br)ccc2C1=O. The molecule has 5 heteroatoms. The summed E-state index contributed by atoms with van der Waals surface area (Å²) in [6.45, 7) is 0.339. The topological polar surface area (TPSA) is 55.7 Å². The molecule has 1 aromatic carbocycles. The summed E-state index contributed by atoms with van der Waals surface area (Å²) in [6, 6.07) is 4.30. The Bertz CT molecular complexity index is 419. The van der Waals surface area contributed by atoms with E-state index < -0.39 is 6.04 Å². The first-order valence-corrected chi connectivity index (χ1v) is 5.30.